The van der Waals surface area contributed by atoms with Crippen LogP contribution in [0.25, 0.3) is 0 Å². The fraction of sp³-hybridized carbons (Fsp3) is 0.333. The molecule has 0 saturated carbocycles. The maximum absolute atomic E-state index is 13.0. The molecule has 1 aromatic carbocycles. The van der Waals surface area contributed by atoms with Gasteiger partial charge in [0.1, 0.15) is 0 Å². The normalized spacial score (nSPS) is 11.7. The summed E-state index contributed by atoms with van der Waals surface area (Å²) < 4.78 is 14.2. The van der Waals surface area contributed by atoms with Crippen molar-refractivity contribution in [2.75, 3.05) is 5.73 Å². The van der Waals surface area contributed by atoms with Crippen molar-refractivity contribution in [3.63, 3.8) is 0 Å². The molecular formula is C9H14FNSn. The molecular weight excluding hydrogens is 260 g/mol. The van der Waals surface area contributed by atoms with Crippen molar-refractivity contribution in [1.29, 1.82) is 0 Å². The average molecular weight is 274 g/mol. The number of rotatable bonds is 1. The van der Waals surface area contributed by atoms with E-state index in [9.17, 15) is 4.39 Å². The van der Waals surface area contributed by atoms with Crippen LogP contribution < -0.4 is 9.31 Å². The molecule has 3 heteroatoms. The Balaban J connectivity index is 3.14. The molecule has 0 aliphatic heterocycles. The fourth-order valence-corrected chi connectivity index (χ4v) is 4.26. The Hall–Kier alpha value is -0.251. The van der Waals surface area contributed by atoms with E-state index in [1.807, 2.05) is 6.07 Å². The van der Waals surface area contributed by atoms with Crippen LogP contribution in [0.1, 0.15) is 0 Å². The van der Waals surface area contributed by atoms with Crippen LogP contribution in [0.2, 0.25) is 14.8 Å². The molecule has 0 bridgehead atoms. The van der Waals surface area contributed by atoms with Crippen molar-refractivity contribution < 1.29 is 4.39 Å². The number of halogens is 1. The van der Waals surface area contributed by atoms with Gasteiger partial charge < -0.3 is 0 Å². The third-order valence-electron chi connectivity index (χ3n) is 1.87. The van der Waals surface area contributed by atoms with Gasteiger partial charge in [-0.15, -0.1) is 0 Å². The molecule has 1 aromatic rings. The summed E-state index contributed by atoms with van der Waals surface area (Å²) in [6, 6.07) is 5.20. The predicted molar refractivity (Wildman–Crippen MR) is 53.8 cm³/mol. The zero-order chi connectivity index (χ0) is 9.35. The standard InChI is InChI=1S/C6H5FN.3CH3.Sn/c7-5-3-1-2-4-6(5)8;;;;/h2-4H,8H2;3*1H3;. The molecule has 2 N–H and O–H groups in total. The number of anilines is 1. The zero-order valence-electron chi connectivity index (χ0n) is 7.69. The summed E-state index contributed by atoms with van der Waals surface area (Å²) in [5.41, 5.74) is 5.63. The van der Waals surface area contributed by atoms with Gasteiger partial charge >= 0.3 is 76.6 Å². The van der Waals surface area contributed by atoms with E-state index < -0.39 is 18.4 Å². The second-order valence-corrected chi connectivity index (χ2v) is 18.5. The Morgan fingerprint density at radius 2 is 1.83 bits per heavy atom. The SMILES string of the molecule is [CH3][Sn]([CH3])([CH3])[c]1ccc(N)c(F)c1. The van der Waals surface area contributed by atoms with Crippen LogP contribution in [-0.4, -0.2) is 18.4 Å². The Morgan fingerprint density at radius 1 is 1.25 bits per heavy atom. The molecule has 0 amide bonds. The topological polar surface area (TPSA) is 26.0 Å². The first kappa shape index (κ1) is 9.83. The van der Waals surface area contributed by atoms with Crippen LogP contribution in [0.15, 0.2) is 18.2 Å². The van der Waals surface area contributed by atoms with Gasteiger partial charge in [-0.2, -0.15) is 0 Å². The van der Waals surface area contributed by atoms with E-state index in [0.29, 0.717) is 0 Å². The van der Waals surface area contributed by atoms with Gasteiger partial charge in [0.15, 0.2) is 0 Å². The third kappa shape index (κ3) is 2.12. The molecule has 0 aliphatic rings. The molecule has 0 radical (unpaired) electrons. The molecule has 12 heavy (non-hydrogen) atoms. The molecule has 0 spiro atoms. The van der Waals surface area contributed by atoms with Gasteiger partial charge in [0, 0.05) is 0 Å². The van der Waals surface area contributed by atoms with E-state index >= 15 is 0 Å². The van der Waals surface area contributed by atoms with Crippen molar-refractivity contribution >= 4 is 27.6 Å². The molecule has 0 saturated heterocycles. The van der Waals surface area contributed by atoms with Gasteiger partial charge in [0.25, 0.3) is 0 Å². The Bertz CT molecular complexity index is 291. The van der Waals surface area contributed by atoms with Crippen molar-refractivity contribution in [3.05, 3.63) is 24.0 Å². The third-order valence-corrected chi connectivity index (χ3v) is 7.70. The summed E-state index contributed by atoms with van der Waals surface area (Å²) in [6.45, 7) is 0. The number of hydrogen-bond acceptors (Lipinski definition) is 1. The minimum absolute atomic E-state index is 0.245. The summed E-state index contributed by atoms with van der Waals surface area (Å²) in [6.07, 6.45) is 0. The van der Waals surface area contributed by atoms with Crippen LogP contribution in [0.3, 0.4) is 0 Å². The van der Waals surface area contributed by atoms with Crippen molar-refractivity contribution in [2.45, 2.75) is 14.8 Å². The zero-order valence-corrected chi connectivity index (χ0v) is 10.5. The van der Waals surface area contributed by atoms with Crippen LogP contribution >= 0.6 is 0 Å². The van der Waals surface area contributed by atoms with E-state index in [2.05, 4.69) is 14.8 Å². The van der Waals surface area contributed by atoms with E-state index in [0.717, 1.165) is 0 Å². The first-order chi connectivity index (χ1) is 5.41. The number of hydrogen-bond donors (Lipinski definition) is 1. The molecule has 66 valence electrons. The summed E-state index contributed by atoms with van der Waals surface area (Å²) in [5.74, 6) is -0.279. The number of nitrogen functional groups attached to an aromatic ring is 1. The van der Waals surface area contributed by atoms with Crippen molar-refractivity contribution in [1.82, 2.24) is 0 Å². The summed E-state index contributed by atoms with van der Waals surface area (Å²) in [4.78, 5) is 6.75. The molecule has 0 atom stereocenters. The maximum atomic E-state index is 13.0. The predicted octanol–water partition coefficient (Wildman–Crippen LogP) is 1.95. The second-order valence-electron chi connectivity index (χ2n) is 3.99. The Labute approximate surface area is 76.6 Å². The molecule has 0 fully saturated rings. The summed E-state index contributed by atoms with van der Waals surface area (Å²) >= 11 is -2.08. The average Bonchev–Trinajstić information content (AvgIpc) is 1.92. The van der Waals surface area contributed by atoms with E-state index in [1.165, 1.54) is 3.58 Å². The van der Waals surface area contributed by atoms with Crippen molar-refractivity contribution in [3.8, 4) is 0 Å². The summed E-state index contributed by atoms with van der Waals surface area (Å²) in [5, 5.41) is 0. The first-order valence-electron chi connectivity index (χ1n) is 3.97. The molecule has 0 unspecified atom stereocenters. The fourth-order valence-electron chi connectivity index (χ4n) is 0.994. The minimum atomic E-state index is -2.08. The van der Waals surface area contributed by atoms with Crippen LogP contribution in [0.5, 0.6) is 0 Å². The second kappa shape index (κ2) is 3.24. The number of benzene rings is 1. The molecule has 0 heterocycles. The monoisotopic (exact) mass is 275 g/mol. The van der Waals surface area contributed by atoms with E-state index in [4.69, 9.17) is 5.73 Å². The van der Waals surface area contributed by atoms with Crippen LogP contribution in [-0.2, 0) is 0 Å². The van der Waals surface area contributed by atoms with Crippen LogP contribution in [0.4, 0.5) is 10.1 Å². The Kier molecular flexibility index (Phi) is 2.66. The van der Waals surface area contributed by atoms with Gasteiger partial charge in [-0.05, 0) is 0 Å². The van der Waals surface area contributed by atoms with Gasteiger partial charge in [0.05, 0.1) is 0 Å². The molecule has 0 aromatic heterocycles. The van der Waals surface area contributed by atoms with Gasteiger partial charge in [0.2, 0.25) is 0 Å². The van der Waals surface area contributed by atoms with E-state index in [-0.39, 0.29) is 11.5 Å². The summed E-state index contributed by atoms with van der Waals surface area (Å²) in [7, 11) is 0. The Morgan fingerprint density at radius 3 is 2.25 bits per heavy atom. The number of nitrogens with two attached hydrogens (primary N) is 1. The van der Waals surface area contributed by atoms with Gasteiger partial charge in [-0.25, -0.2) is 0 Å². The van der Waals surface area contributed by atoms with Crippen LogP contribution in [0, 0.1) is 5.82 Å². The van der Waals surface area contributed by atoms with Crippen molar-refractivity contribution in [2.24, 2.45) is 0 Å². The molecule has 1 rings (SSSR count). The quantitative estimate of drug-likeness (QED) is 0.614. The van der Waals surface area contributed by atoms with E-state index in [1.54, 1.807) is 12.1 Å². The first-order valence-corrected chi connectivity index (χ1v) is 14.0. The molecule has 0 aliphatic carbocycles. The van der Waals surface area contributed by atoms with Gasteiger partial charge in [-0.1, -0.05) is 0 Å². The molecule has 1 nitrogen and oxygen atoms in total. The van der Waals surface area contributed by atoms with Gasteiger partial charge in [-0.3, -0.25) is 0 Å².